The molecule has 0 unspecified atom stereocenters. The summed E-state index contributed by atoms with van der Waals surface area (Å²) < 4.78 is 1.65. The molecule has 18 heavy (non-hydrogen) atoms. The Morgan fingerprint density at radius 1 is 1.33 bits per heavy atom. The highest BCUT2D eigenvalue weighted by Crippen LogP contribution is 2.15. The second-order valence-electron chi connectivity index (χ2n) is 3.77. The number of aliphatic hydroxyl groups excluding tert-OH is 1. The van der Waals surface area contributed by atoms with Crippen LogP contribution in [0.4, 0.5) is 0 Å². The van der Waals surface area contributed by atoms with Crippen LogP contribution in [0.2, 0.25) is 0 Å². The first-order valence-corrected chi connectivity index (χ1v) is 5.12. The summed E-state index contributed by atoms with van der Waals surface area (Å²) >= 11 is 0. The van der Waals surface area contributed by atoms with Crippen molar-refractivity contribution in [3.63, 3.8) is 0 Å². The molecule has 6 heteroatoms. The van der Waals surface area contributed by atoms with Crippen molar-refractivity contribution < 1.29 is 15.0 Å². The number of aromatic nitrogens is 3. The molecular weight excluding hydrogens is 234 g/mol. The smallest absolute Gasteiger partial charge is 0.354 e. The lowest BCUT2D eigenvalue weighted by Crippen LogP contribution is -2.05. The molecule has 2 rings (SSSR count). The SMILES string of the molecule is C=C(O)c1cc(-n2cnc(C)c2)cc(C(=O)O)n1. The van der Waals surface area contributed by atoms with Crippen LogP contribution in [0, 0.1) is 6.92 Å². The molecule has 0 aliphatic heterocycles. The van der Waals surface area contributed by atoms with Crippen LogP contribution in [-0.2, 0) is 0 Å². The molecule has 0 saturated heterocycles. The number of hydrogen-bond donors (Lipinski definition) is 2. The first kappa shape index (κ1) is 11.8. The molecule has 0 aliphatic carbocycles. The van der Waals surface area contributed by atoms with E-state index in [1.165, 1.54) is 12.1 Å². The molecular formula is C12H11N3O3. The van der Waals surface area contributed by atoms with E-state index in [2.05, 4.69) is 16.5 Å². The van der Waals surface area contributed by atoms with Crippen molar-refractivity contribution in [2.24, 2.45) is 0 Å². The molecule has 2 N–H and O–H groups in total. The topological polar surface area (TPSA) is 88.2 Å². The van der Waals surface area contributed by atoms with Gasteiger partial charge in [-0.25, -0.2) is 14.8 Å². The highest BCUT2D eigenvalue weighted by Gasteiger charge is 2.11. The average Bonchev–Trinajstić information content (AvgIpc) is 2.75. The number of rotatable bonds is 3. The molecule has 2 aromatic heterocycles. The predicted molar refractivity (Wildman–Crippen MR) is 64.7 cm³/mol. The molecule has 0 fully saturated rings. The van der Waals surface area contributed by atoms with Gasteiger partial charge in [0.1, 0.15) is 11.5 Å². The molecule has 0 saturated carbocycles. The van der Waals surface area contributed by atoms with E-state index in [1.807, 2.05) is 6.92 Å². The van der Waals surface area contributed by atoms with Gasteiger partial charge in [0.15, 0.2) is 5.69 Å². The predicted octanol–water partition coefficient (Wildman–Crippen LogP) is 1.80. The van der Waals surface area contributed by atoms with Crippen LogP contribution in [-0.4, -0.2) is 30.7 Å². The van der Waals surface area contributed by atoms with Crippen molar-refractivity contribution in [2.45, 2.75) is 6.92 Å². The van der Waals surface area contributed by atoms with Gasteiger partial charge in [-0.1, -0.05) is 6.58 Å². The fourth-order valence-corrected chi connectivity index (χ4v) is 1.49. The molecule has 2 heterocycles. The number of carboxylic acid groups (broad SMARTS) is 1. The second kappa shape index (κ2) is 4.33. The number of pyridine rings is 1. The molecule has 92 valence electrons. The highest BCUT2D eigenvalue weighted by molar-refractivity contribution is 5.86. The number of aromatic carboxylic acids is 1. The van der Waals surface area contributed by atoms with Crippen molar-refractivity contribution in [1.29, 1.82) is 0 Å². The fraction of sp³-hybridized carbons (Fsp3) is 0.0833. The molecule has 0 amide bonds. The van der Waals surface area contributed by atoms with E-state index in [0.29, 0.717) is 5.69 Å². The summed E-state index contributed by atoms with van der Waals surface area (Å²) in [6, 6.07) is 2.94. The first-order chi connectivity index (χ1) is 8.47. The lowest BCUT2D eigenvalue weighted by atomic mass is 10.2. The van der Waals surface area contributed by atoms with Crippen LogP contribution < -0.4 is 0 Å². The van der Waals surface area contributed by atoms with Gasteiger partial charge in [0.25, 0.3) is 0 Å². The maximum absolute atomic E-state index is 11.0. The van der Waals surface area contributed by atoms with E-state index in [1.54, 1.807) is 17.1 Å². The maximum atomic E-state index is 11.0. The van der Waals surface area contributed by atoms with Crippen LogP contribution in [0.1, 0.15) is 21.9 Å². The van der Waals surface area contributed by atoms with Gasteiger partial charge in [0.05, 0.1) is 17.7 Å². The lowest BCUT2D eigenvalue weighted by Gasteiger charge is -2.06. The van der Waals surface area contributed by atoms with Crippen molar-refractivity contribution in [2.75, 3.05) is 0 Å². The Balaban J connectivity index is 2.60. The summed E-state index contributed by atoms with van der Waals surface area (Å²) in [5.41, 5.74) is 1.31. The van der Waals surface area contributed by atoms with Crippen LogP contribution in [0.5, 0.6) is 0 Å². The van der Waals surface area contributed by atoms with Gasteiger partial charge in [-0.15, -0.1) is 0 Å². The minimum atomic E-state index is -1.17. The third-order valence-corrected chi connectivity index (χ3v) is 2.33. The van der Waals surface area contributed by atoms with Gasteiger partial charge in [-0.3, -0.25) is 0 Å². The summed E-state index contributed by atoms with van der Waals surface area (Å²) in [7, 11) is 0. The number of carboxylic acids is 1. The van der Waals surface area contributed by atoms with Crippen molar-refractivity contribution >= 4 is 11.7 Å². The minimum Gasteiger partial charge on any atom is -0.506 e. The van der Waals surface area contributed by atoms with E-state index in [4.69, 9.17) is 5.11 Å². The van der Waals surface area contributed by atoms with Crippen LogP contribution in [0.3, 0.4) is 0 Å². The highest BCUT2D eigenvalue weighted by atomic mass is 16.4. The maximum Gasteiger partial charge on any atom is 0.354 e. The molecule has 6 nitrogen and oxygen atoms in total. The zero-order chi connectivity index (χ0) is 13.3. The molecule has 0 radical (unpaired) electrons. The number of aryl methyl sites for hydroxylation is 1. The number of nitrogens with zero attached hydrogens (tertiary/aromatic N) is 3. The zero-order valence-corrected chi connectivity index (χ0v) is 9.66. The van der Waals surface area contributed by atoms with Gasteiger partial charge < -0.3 is 14.8 Å². The number of carbonyl (C=O) groups is 1. The van der Waals surface area contributed by atoms with Gasteiger partial charge in [-0.2, -0.15) is 0 Å². The second-order valence-corrected chi connectivity index (χ2v) is 3.77. The van der Waals surface area contributed by atoms with Crippen LogP contribution in [0.15, 0.2) is 31.2 Å². The summed E-state index contributed by atoms with van der Waals surface area (Å²) in [6.45, 7) is 5.16. The Morgan fingerprint density at radius 3 is 2.50 bits per heavy atom. The van der Waals surface area contributed by atoms with Crippen molar-refractivity contribution in [1.82, 2.24) is 14.5 Å². The summed E-state index contributed by atoms with van der Waals surface area (Å²) in [5, 5.41) is 18.3. The van der Waals surface area contributed by atoms with Gasteiger partial charge in [-0.05, 0) is 19.1 Å². The third kappa shape index (κ3) is 2.22. The summed E-state index contributed by atoms with van der Waals surface area (Å²) in [4.78, 5) is 18.8. The standard InChI is InChI=1S/C12H11N3O3/c1-7-5-15(6-13-7)9-3-10(8(2)16)14-11(4-9)12(17)18/h3-6,16H,2H2,1H3,(H,17,18). The van der Waals surface area contributed by atoms with E-state index < -0.39 is 5.97 Å². The first-order valence-electron chi connectivity index (χ1n) is 5.12. The average molecular weight is 245 g/mol. The number of imidazole rings is 1. The van der Waals surface area contributed by atoms with Crippen molar-refractivity contribution in [3.8, 4) is 5.69 Å². The van der Waals surface area contributed by atoms with Crippen molar-refractivity contribution in [3.05, 3.63) is 48.3 Å². The molecule has 0 aromatic carbocycles. The normalized spacial score (nSPS) is 10.3. The third-order valence-electron chi connectivity index (χ3n) is 2.33. The molecule has 0 spiro atoms. The molecule has 2 aromatic rings. The van der Waals surface area contributed by atoms with Gasteiger partial charge in [0.2, 0.25) is 0 Å². The van der Waals surface area contributed by atoms with Crippen LogP contribution in [0.25, 0.3) is 11.4 Å². The van der Waals surface area contributed by atoms with E-state index >= 15 is 0 Å². The van der Waals surface area contributed by atoms with Gasteiger partial charge in [0, 0.05) is 6.20 Å². The van der Waals surface area contributed by atoms with E-state index in [9.17, 15) is 9.90 Å². The fourth-order valence-electron chi connectivity index (χ4n) is 1.49. The zero-order valence-electron chi connectivity index (χ0n) is 9.66. The Hall–Kier alpha value is -2.63. The molecule has 0 aliphatic rings. The minimum absolute atomic E-state index is 0.122. The van der Waals surface area contributed by atoms with E-state index in [-0.39, 0.29) is 17.1 Å². The lowest BCUT2D eigenvalue weighted by molar-refractivity contribution is 0.0690. The monoisotopic (exact) mass is 245 g/mol. The Kier molecular flexibility index (Phi) is 2.85. The number of aliphatic hydroxyl groups is 1. The van der Waals surface area contributed by atoms with E-state index in [0.717, 1.165) is 5.69 Å². The largest absolute Gasteiger partial charge is 0.506 e. The Morgan fingerprint density at radius 2 is 2.00 bits per heavy atom. The molecule has 0 bridgehead atoms. The van der Waals surface area contributed by atoms with Crippen LogP contribution >= 0.6 is 0 Å². The Bertz CT molecular complexity index is 599. The Labute approximate surface area is 103 Å². The number of hydrogen-bond acceptors (Lipinski definition) is 4. The van der Waals surface area contributed by atoms with Gasteiger partial charge >= 0.3 is 5.97 Å². The summed E-state index contributed by atoms with van der Waals surface area (Å²) in [6.07, 6.45) is 3.30. The summed E-state index contributed by atoms with van der Waals surface area (Å²) in [5.74, 6) is -1.45. The quantitative estimate of drug-likeness (QED) is 0.805. The molecule has 0 atom stereocenters.